The maximum Gasteiger partial charge on any atom is 0.191 e. The molecule has 0 radical (unpaired) electrons. The lowest BCUT2D eigenvalue weighted by Crippen LogP contribution is -2.51. The molecule has 154 valence electrons. The molecule has 0 amide bonds. The molecule has 1 saturated heterocycles. The van der Waals surface area contributed by atoms with Crippen molar-refractivity contribution in [3.63, 3.8) is 0 Å². The largest absolute Gasteiger partial charge is 0.388 e. The number of nitrogens with one attached hydrogen (secondary N) is 2. The zero-order valence-electron chi connectivity index (χ0n) is 17.1. The second kappa shape index (κ2) is 12.4. The highest BCUT2D eigenvalue weighted by Gasteiger charge is 2.27. The first-order chi connectivity index (χ1) is 12.1. The summed E-state index contributed by atoms with van der Waals surface area (Å²) >= 11 is 0. The molecule has 0 atom stereocenters. The lowest BCUT2D eigenvalue weighted by molar-refractivity contribution is 0.0417. The van der Waals surface area contributed by atoms with Gasteiger partial charge in [-0.1, -0.05) is 33.1 Å². The maximum absolute atomic E-state index is 10.5. The molecule has 2 aliphatic rings. The Morgan fingerprint density at radius 1 is 1.04 bits per heavy atom. The monoisotopic (exact) mass is 480 g/mol. The van der Waals surface area contributed by atoms with Crippen LogP contribution in [0.3, 0.4) is 0 Å². The highest BCUT2D eigenvalue weighted by Crippen LogP contribution is 2.25. The standard InChI is InChI=1S/C20H40N4O.HI/c1-4-20(25,5-2)16-22-19(21-6-3)23-17-12-14-24(15-13-17)18-10-8-7-9-11-18;/h17-18,25H,4-16H2,1-3H3,(H2,21,22,23);1H. The summed E-state index contributed by atoms with van der Waals surface area (Å²) in [5, 5.41) is 17.4. The Bertz CT molecular complexity index is 401. The molecule has 1 heterocycles. The van der Waals surface area contributed by atoms with Crippen LogP contribution in [0.4, 0.5) is 0 Å². The molecular formula is C20H41IN4O. The topological polar surface area (TPSA) is 59.9 Å². The first kappa shape index (κ1) is 24.0. The minimum absolute atomic E-state index is 0. The second-order valence-corrected chi connectivity index (χ2v) is 7.87. The molecule has 0 spiro atoms. The average molecular weight is 480 g/mol. The van der Waals surface area contributed by atoms with Gasteiger partial charge in [-0.25, -0.2) is 0 Å². The Hall–Kier alpha value is -0.0800. The molecule has 2 fully saturated rings. The van der Waals surface area contributed by atoms with Crippen molar-refractivity contribution in [2.45, 2.75) is 96.2 Å². The van der Waals surface area contributed by atoms with Gasteiger partial charge in [0, 0.05) is 31.7 Å². The smallest absolute Gasteiger partial charge is 0.191 e. The predicted octanol–water partition coefficient (Wildman–Crippen LogP) is 3.51. The van der Waals surface area contributed by atoms with Crippen molar-refractivity contribution in [1.82, 2.24) is 15.5 Å². The van der Waals surface area contributed by atoms with Gasteiger partial charge in [0.15, 0.2) is 5.96 Å². The third kappa shape index (κ3) is 7.50. The first-order valence-corrected chi connectivity index (χ1v) is 10.6. The fourth-order valence-electron chi connectivity index (χ4n) is 4.07. The van der Waals surface area contributed by atoms with E-state index < -0.39 is 5.60 Å². The number of aliphatic hydroxyl groups is 1. The summed E-state index contributed by atoms with van der Waals surface area (Å²) in [4.78, 5) is 7.38. The molecule has 5 nitrogen and oxygen atoms in total. The van der Waals surface area contributed by atoms with Gasteiger partial charge in [0.2, 0.25) is 0 Å². The van der Waals surface area contributed by atoms with Crippen LogP contribution >= 0.6 is 24.0 Å². The van der Waals surface area contributed by atoms with Crippen LogP contribution in [0.5, 0.6) is 0 Å². The van der Waals surface area contributed by atoms with E-state index in [4.69, 9.17) is 0 Å². The van der Waals surface area contributed by atoms with Gasteiger partial charge in [0.1, 0.15) is 0 Å². The van der Waals surface area contributed by atoms with Gasteiger partial charge in [-0.3, -0.25) is 4.99 Å². The SMILES string of the molecule is CCNC(=NCC(O)(CC)CC)NC1CCN(C2CCCCC2)CC1.I. The predicted molar refractivity (Wildman–Crippen MR) is 122 cm³/mol. The van der Waals surface area contributed by atoms with Gasteiger partial charge < -0.3 is 20.6 Å². The van der Waals surface area contributed by atoms with Crippen molar-refractivity contribution in [1.29, 1.82) is 0 Å². The molecule has 0 aromatic heterocycles. The first-order valence-electron chi connectivity index (χ1n) is 10.6. The number of guanidine groups is 1. The summed E-state index contributed by atoms with van der Waals surface area (Å²) in [6.07, 6.45) is 10.9. The van der Waals surface area contributed by atoms with Gasteiger partial charge in [-0.2, -0.15) is 0 Å². The van der Waals surface area contributed by atoms with E-state index in [0.29, 0.717) is 12.6 Å². The molecule has 3 N–H and O–H groups in total. The van der Waals surface area contributed by atoms with Crippen molar-refractivity contribution >= 4 is 29.9 Å². The number of likely N-dealkylation sites (tertiary alicyclic amines) is 1. The van der Waals surface area contributed by atoms with Crippen molar-refractivity contribution in [2.75, 3.05) is 26.2 Å². The van der Waals surface area contributed by atoms with Gasteiger partial charge in [0.05, 0.1) is 12.1 Å². The third-order valence-corrected chi connectivity index (χ3v) is 6.15. The van der Waals surface area contributed by atoms with Crippen LogP contribution < -0.4 is 10.6 Å². The van der Waals surface area contributed by atoms with Crippen LogP contribution in [0, 0.1) is 0 Å². The summed E-state index contributed by atoms with van der Waals surface area (Å²) < 4.78 is 0. The van der Waals surface area contributed by atoms with Gasteiger partial charge in [-0.05, 0) is 45.4 Å². The van der Waals surface area contributed by atoms with E-state index in [9.17, 15) is 5.11 Å². The molecule has 0 unspecified atom stereocenters. The Balaban J connectivity index is 0.00000338. The van der Waals surface area contributed by atoms with Crippen LogP contribution in [0.1, 0.15) is 78.6 Å². The maximum atomic E-state index is 10.5. The zero-order valence-corrected chi connectivity index (χ0v) is 19.4. The number of rotatable bonds is 7. The molecule has 0 aromatic rings. The molecule has 6 heteroatoms. The summed E-state index contributed by atoms with van der Waals surface area (Å²) in [5.41, 5.74) is -0.674. The normalized spacial score (nSPS) is 21.3. The molecule has 1 aliphatic heterocycles. The van der Waals surface area contributed by atoms with Crippen LogP contribution in [0.15, 0.2) is 4.99 Å². The molecule has 1 saturated carbocycles. The quantitative estimate of drug-likeness (QED) is 0.297. The lowest BCUT2D eigenvalue weighted by Gasteiger charge is -2.39. The number of hydrogen-bond acceptors (Lipinski definition) is 3. The molecule has 26 heavy (non-hydrogen) atoms. The van der Waals surface area contributed by atoms with Crippen LogP contribution in [0.2, 0.25) is 0 Å². The van der Waals surface area contributed by atoms with Crippen molar-refractivity contribution in [3.8, 4) is 0 Å². The van der Waals surface area contributed by atoms with E-state index >= 15 is 0 Å². The van der Waals surface area contributed by atoms with E-state index in [1.165, 1.54) is 58.0 Å². The Morgan fingerprint density at radius 3 is 2.19 bits per heavy atom. The highest BCUT2D eigenvalue weighted by molar-refractivity contribution is 14.0. The lowest BCUT2D eigenvalue weighted by atomic mass is 9.92. The van der Waals surface area contributed by atoms with E-state index in [-0.39, 0.29) is 24.0 Å². The van der Waals surface area contributed by atoms with Crippen molar-refractivity contribution in [2.24, 2.45) is 4.99 Å². The van der Waals surface area contributed by atoms with Gasteiger partial charge in [0.25, 0.3) is 0 Å². The van der Waals surface area contributed by atoms with E-state index in [1.54, 1.807) is 0 Å². The van der Waals surface area contributed by atoms with Crippen LogP contribution in [-0.4, -0.2) is 59.8 Å². The minimum Gasteiger partial charge on any atom is -0.388 e. The second-order valence-electron chi connectivity index (χ2n) is 7.87. The van der Waals surface area contributed by atoms with E-state index in [2.05, 4.69) is 27.4 Å². The Labute approximate surface area is 177 Å². The third-order valence-electron chi connectivity index (χ3n) is 6.15. The zero-order chi connectivity index (χ0) is 18.1. The number of hydrogen-bond donors (Lipinski definition) is 3. The van der Waals surface area contributed by atoms with Crippen molar-refractivity contribution in [3.05, 3.63) is 0 Å². The fourth-order valence-corrected chi connectivity index (χ4v) is 4.07. The minimum atomic E-state index is -0.674. The average Bonchev–Trinajstić information content (AvgIpc) is 2.67. The highest BCUT2D eigenvalue weighted by atomic mass is 127. The van der Waals surface area contributed by atoms with Gasteiger partial charge >= 0.3 is 0 Å². The fraction of sp³-hybridized carbons (Fsp3) is 0.950. The number of nitrogens with zero attached hydrogens (tertiary/aromatic N) is 2. The summed E-state index contributed by atoms with van der Waals surface area (Å²) in [5.74, 6) is 0.860. The Morgan fingerprint density at radius 2 is 1.65 bits per heavy atom. The van der Waals surface area contributed by atoms with Gasteiger partial charge in [-0.15, -0.1) is 24.0 Å². The molecule has 1 aliphatic carbocycles. The van der Waals surface area contributed by atoms with Crippen molar-refractivity contribution < 1.29 is 5.11 Å². The van der Waals surface area contributed by atoms with Crippen LogP contribution in [-0.2, 0) is 0 Å². The summed E-state index contributed by atoms with van der Waals surface area (Å²) in [7, 11) is 0. The molecule has 2 rings (SSSR count). The number of aliphatic imine (C=N–C) groups is 1. The number of piperidine rings is 1. The summed E-state index contributed by atoms with van der Waals surface area (Å²) in [6.45, 7) is 9.88. The number of halogens is 1. The molecule has 0 aromatic carbocycles. The van der Waals surface area contributed by atoms with E-state index in [1.807, 2.05) is 13.8 Å². The molecular weight excluding hydrogens is 439 g/mol. The Kier molecular flexibility index (Phi) is 11.4. The van der Waals surface area contributed by atoms with E-state index in [0.717, 1.165) is 31.4 Å². The molecule has 0 bridgehead atoms. The van der Waals surface area contributed by atoms with Crippen LogP contribution in [0.25, 0.3) is 0 Å². The summed E-state index contributed by atoms with van der Waals surface area (Å²) in [6, 6.07) is 1.33.